The van der Waals surface area contributed by atoms with Crippen LogP contribution in [0.25, 0.3) is 0 Å². The Labute approximate surface area is 115 Å². The molecule has 0 amide bonds. The second-order valence-electron chi connectivity index (χ2n) is 4.22. The van der Waals surface area contributed by atoms with Crippen molar-refractivity contribution >= 4 is 21.4 Å². The third-order valence-corrected chi connectivity index (χ3v) is 4.21. The summed E-state index contributed by atoms with van der Waals surface area (Å²) in [4.78, 5) is -0.195. The topological polar surface area (TPSA) is 72.2 Å². The number of rotatable bonds is 3. The molecule has 0 unspecified atom stereocenters. The van der Waals surface area contributed by atoms with E-state index < -0.39 is 21.7 Å². The van der Waals surface area contributed by atoms with Crippen LogP contribution in [-0.2, 0) is 10.0 Å². The standard InChI is InChI=1S/C13H12F2N2O2S/c1-8-6-10(15)11(16)7-13(8)20(18,19)17-12-5-3-2-4-9(12)14/h2-7,17H,16H2,1H3. The quantitative estimate of drug-likeness (QED) is 0.856. The molecule has 2 rings (SSSR count). The van der Waals surface area contributed by atoms with Crippen LogP contribution in [0.5, 0.6) is 0 Å². The molecule has 106 valence electrons. The van der Waals surface area contributed by atoms with Crippen LogP contribution in [-0.4, -0.2) is 8.42 Å². The summed E-state index contributed by atoms with van der Waals surface area (Å²) in [7, 11) is -4.04. The number of para-hydroxylation sites is 1. The molecule has 2 aromatic carbocycles. The zero-order valence-electron chi connectivity index (χ0n) is 10.5. The molecule has 0 aromatic heterocycles. The maximum atomic E-state index is 13.5. The van der Waals surface area contributed by atoms with Gasteiger partial charge in [-0.25, -0.2) is 17.2 Å². The van der Waals surface area contributed by atoms with E-state index in [2.05, 4.69) is 4.72 Å². The maximum absolute atomic E-state index is 13.5. The van der Waals surface area contributed by atoms with E-state index in [1.807, 2.05) is 0 Å². The predicted molar refractivity (Wildman–Crippen MR) is 72.8 cm³/mol. The SMILES string of the molecule is Cc1cc(F)c(N)cc1S(=O)(=O)Nc1ccccc1F. The van der Waals surface area contributed by atoms with E-state index >= 15 is 0 Å². The lowest BCUT2D eigenvalue weighted by molar-refractivity contribution is 0.596. The molecule has 0 aliphatic rings. The van der Waals surface area contributed by atoms with Crippen LogP contribution in [0.2, 0.25) is 0 Å². The number of benzene rings is 2. The molecule has 20 heavy (non-hydrogen) atoms. The first kappa shape index (κ1) is 14.3. The highest BCUT2D eigenvalue weighted by molar-refractivity contribution is 7.92. The summed E-state index contributed by atoms with van der Waals surface area (Å²) in [5.74, 6) is -1.41. The van der Waals surface area contributed by atoms with E-state index in [1.54, 1.807) is 0 Å². The fourth-order valence-electron chi connectivity index (χ4n) is 1.70. The minimum Gasteiger partial charge on any atom is -0.396 e. The highest BCUT2D eigenvalue weighted by Gasteiger charge is 2.20. The van der Waals surface area contributed by atoms with Crippen LogP contribution in [0.3, 0.4) is 0 Å². The minimum absolute atomic E-state index is 0.181. The molecule has 0 atom stereocenters. The Balaban J connectivity index is 2.47. The predicted octanol–water partition coefficient (Wildman–Crippen LogP) is 2.66. The molecule has 0 aliphatic heterocycles. The Bertz CT molecular complexity index is 761. The van der Waals surface area contributed by atoms with Gasteiger partial charge in [-0.1, -0.05) is 12.1 Å². The number of sulfonamides is 1. The van der Waals surface area contributed by atoms with Crippen molar-refractivity contribution in [3.63, 3.8) is 0 Å². The lowest BCUT2D eigenvalue weighted by Gasteiger charge is -2.12. The normalized spacial score (nSPS) is 11.3. The van der Waals surface area contributed by atoms with Crippen molar-refractivity contribution in [2.45, 2.75) is 11.8 Å². The smallest absolute Gasteiger partial charge is 0.262 e. The summed E-state index contributed by atoms with van der Waals surface area (Å²) in [5.41, 5.74) is 5.08. The molecule has 0 saturated carbocycles. The molecule has 0 heterocycles. The monoisotopic (exact) mass is 298 g/mol. The largest absolute Gasteiger partial charge is 0.396 e. The van der Waals surface area contributed by atoms with Crippen LogP contribution in [0.15, 0.2) is 41.3 Å². The summed E-state index contributed by atoms with van der Waals surface area (Å²) in [5, 5.41) is 0. The summed E-state index contributed by atoms with van der Waals surface area (Å²) in [6.45, 7) is 1.43. The van der Waals surface area contributed by atoms with Crippen molar-refractivity contribution in [3.05, 3.63) is 53.6 Å². The molecule has 0 spiro atoms. The molecular weight excluding hydrogens is 286 g/mol. The van der Waals surface area contributed by atoms with Crippen LogP contribution in [0, 0.1) is 18.6 Å². The maximum Gasteiger partial charge on any atom is 0.262 e. The number of nitrogen functional groups attached to an aromatic ring is 1. The van der Waals surface area contributed by atoms with Gasteiger partial charge in [0.15, 0.2) is 0 Å². The zero-order chi connectivity index (χ0) is 14.9. The summed E-state index contributed by atoms with van der Waals surface area (Å²) >= 11 is 0. The summed E-state index contributed by atoms with van der Waals surface area (Å²) < 4.78 is 53.2. The first-order valence-electron chi connectivity index (χ1n) is 5.64. The second kappa shape index (κ2) is 5.09. The van der Waals surface area contributed by atoms with Gasteiger partial charge in [0.05, 0.1) is 16.3 Å². The van der Waals surface area contributed by atoms with E-state index in [0.29, 0.717) is 0 Å². The summed E-state index contributed by atoms with van der Waals surface area (Å²) in [6, 6.07) is 7.37. The van der Waals surface area contributed by atoms with Crippen LogP contribution >= 0.6 is 0 Å². The molecule has 2 aromatic rings. The van der Waals surface area contributed by atoms with Gasteiger partial charge < -0.3 is 5.73 Å². The highest BCUT2D eigenvalue weighted by atomic mass is 32.2. The van der Waals surface area contributed by atoms with E-state index in [9.17, 15) is 17.2 Å². The number of anilines is 2. The Kier molecular flexibility index (Phi) is 3.63. The third-order valence-electron chi connectivity index (χ3n) is 2.70. The average molecular weight is 298 g/mol. The fraction of sp³-hybridized carbons (Fsp3) is 0.0769. The van der Waals surface area contributed by atoms with Gasteiger partial charge >= 0.3 is 0 Å². The van der Waals surface area contributed by atoms with Gasteiger partial charge in [-0.05, 0) is 36.8 Å². The molecular formula is C13H12F2N2O2S. The van der Waals surface area contributed by atoms with Crippen molar-refractivity contribution in [2.75, 3.05) is 10.5 Å². The number of aryl methyl sites for hydroxylation is 1. The number of hydrogen-bond donors (Lipinski definition) is 2. The molecule has 0 saturated heterocycles. The number of nitrogens with two attached hydrogens (primary N) is 1. The zero-order valence-corrected chi connectivity index (χ0v) is 11.3. The number of nitrogens with one attached hydrogen (secondary N) is 1. The van der Waals surface area contributed by atoms with Gasteiger partial charge in [0.25, 0.3) is 10.0 Å². The minimum atomic E-state index is -4.04. The lowest BCUT2D eigenvalue weighted by atomic mass is 10.2. The lowest BCUT2D eigenvalue weighted by Crippen LogP contribution is -2.16. The van der Waals surface area contributed by atoms with Gasteiger partial charge in [-0.2, -0.15) is 0 Å². The Morgan fingerprint density at radius 2 is 1.75 bits per heavy atom. The second-order valence-corrected chi connectivity index (χ2v) is 5.88. The van der Waals surface area contributed by atoms with Crippen molar-refractivity contribution in [3.8, 4) is 0 Å². The Hall–Kier alpha value is -2.15. The Morgan fingerprint density at radius 3 is 2.40 bits per heavy atom. The van der Waals surface area contributed by atoms with Gasteiger partial charge in [0.2, 0.25) is 0 Å². The molecule has 0 radical (unpaired) electrons. The van der Waals surface area contributed by atoms with Crippen molar-refractivity contribution in [1.29, 1.82) is 0 Å². The Morgan fingerprint density at radius 1 is 1.10 bits per heavy atom. The van der Waals surface area contributed by atoms with Crippen LogP contribution < -0.4 is 10.5 Å². The molecule has 4 nitrogen and oxygen atoms in total. The average Bonchev–Trinajstić information content (AvgIpc) is 2.36. The van der Waals surface area contributed by atoms with E-state index in [0.717, 1.165) is 18.2 Å². The van der Waals surface area contributed by atoms with Gasteiger partial charge in [-0.3, -0.25) is 4.72 Å². The van der Waals surface area contributed by atoms with Gasteiger partial charge in [0.1, 0.15) is 11.6 Å². The molecule has 3 N–H and O–H groups in total. The van der Waals surface area contributed by atoms with Crippen LogP contribution in [0.1, 0.15) is 5.56 Å². The van der Waals surface area contributed by atoms with Crippen molar-refractivity contribution < 1.29 is 17.2 Å². The summed E-state index contributed by atoms with van der Waals surface area (Å²) in [6.07, 6.45) is 0. The van der Waals surface area contributed by atoms with Gasteiger partial charge in [0, 0.05) is 0 Å². The number of halogens is 2. The highest BCUT2D eigenvalue weighted by Crippen LogP contribution is 2.24. The van der Waals surface area contributed by atoms with E-state index in [1.165, 1.54) is 25.1 Å². The molecule has 0 aliphatic carbocycles. The molecule has 0 fully saturated rings. The fourth-order valence-corrected chi connectivity index (χ4v) is 3.03. The first-order valence-corrected chi connectivity index (χ1v) is 7.12. The van der Waals surface area contributed by atoms with Crippen molar-refractivity contribution in [1.82, 2.24) is 0 Å². The first-order chi connectivity index (χ1) is 9.31. The number of hydrogen-bond acceptors (Lipinski definition) is 3. The van der Waals surface area contributed by atoms with Gasteiger partial charge in [-0.15, -0.1) is 0 Å². The van der Waals surface area contributed by atoms with Crippen molar-refractivity contribution in [2.24, 2.45) is 0 Å². The van der Waals surface area contributed by atoms with E-state index in [-0.39, 0.29) is 21.8 Å². The molecule has 7 heteroatoms. The van der Waals surface area contributed by atoms with E-state index in [4.69, 9.17) is 5.73 Å². The molecule has 0 bridgehead atoms. The van der Waals surface area contributed by atoms with Crippen LogP contribution in [0.4, 0.5) is 20.2 Å². The third kappa shape index (κ3) is 2.72.